The second kappa shape index (κ2) is 28.8. The fourth-order valence-electron chi connectivity index (χ4n) is 11.2. The summed E-state index contributed by atoms with van der Waals surface area (Å²) in [5, 5.41) is 3.44. The molecule has 8 aromatic rings. The van der Waals surface area contributed by atoms with Crippen LogP contribution in [0.15, 0.2) is 90.8 Å². The maximum atomic E-state index is 5.84. The second-order valence-corrected chi connectivity index (χ2v) is 23.7. The fourth-order valence-corrected chi connectivity index (χ4v) is 12.2. The molecular formula is C63H83Br2N14+. The number of pyridine rings is 6. The Bertz CT molecular complexity index is 3200. The lowest BCUT2D eigenvalue weighted by atomic mass is 10.00. The van der Waals surface area contributed by atoms with Crippen molar-refractivity contribution in [3.63, 3.8) is 0 Å². The lowest BCUT2D eigenvalue weighted by Crippen LogP contribution is -2.14. The van der Waals surface area contributed by atoms with Gasteiger partial charge in [0.15, 0.2) is 0 Å². The number of aromatic nitrogens is 10. The van der Waals surface area contributed by atoms with E-state index in [-0.39, 0.29) is 0 Å². The van der Waals surface area contributed by atoms with E-state index >= 15 is 0 Å². The van der Waals surface area contributed by atoms with Crippen LogP contribution in [0.5, 0.6) is 0 Å². The number of hydrogen-bond acceptors (Lipinski definition) is 12. The summed E-state index contributed by atoms with van der Waals surface area (Å²) in [5.41, 5.74) is 28.1. The predicted octanol–water partition coefficient (Wildman–Crippen LogP) is 15.7. The van der Waals surface area contributed by atoms with Gasteiger partial charge >= 0.3 is 0 Å². The molecule has 16 heteroatoms. The van der Waals surface area contributed by atoms with Gasteiger partial charge in [0, 0.05) is 74.5 Å². The van der Waals surface area contributed by atoms with E-state index in [0.29, 0.717) is 17.8 Å². The molecule has 5 N–H and O–H groups in total. The van der Waals surface area contributed by atoms with Crippen molar-refractivity contribution in [2.75, 3.05) is 28.7 Å². The van der Waals surface area contributed by atoms with Gasteiger partial charge in [-0.3, -0.25) is 15.0 Å². The van der Waals surface area contributed by atoms with Gasteiger partial charge in [0.05, 0.1) is 101 Å². The maximum Gasteiger partial charge on any atom is 0.134 e. The molecule has 4 fully saturated rings. The van der Waals surface area contributed by atoms with E-state index in [0.717, 1.165) is 97.1 Å². The summed E-state index contributed by atoms with van der Waals surface area (Å²) < 4.78 is 4.87. The van der Waals surface area contributed by atoms with Crippen molar-refractivity contribution in [1.29, 1.82) is 0 Å². The molecule has 0 bridgehead atoms. The van der Waals surface area contributed by atoms with Crippen LogP contribution in [0.3, 0.4) is 0 Å². The molecule has 8 aromatic heterocycles. The van der Waals surface area contributed by atoms with Crippen LogP contribution in [0, 0.1) is 6.42 Å². The lowest BCUT2D eigenvalue weighted by Gasteiger charge is -2.22. The van der Waals surface area contributed by atoms with Crippen LogP contribution in [0.2, 0.25) is 0 Å². The van der Waals surface area contributed by atoms with E-state index in [4.69, 9.17) is 21.4 Å². The molecule has 1 unspecified atom stereocenters. The van der Waals surface area contributed by atoms with Crippen LogP contribution in [-0.4, -0.2) is 60.9 Å². The Hall–Kier alpha value is -6.13. The molecule has 79 heavy (non-hydrogen) atoms. The molecule has 8 heterocycles. The topological polar surface area (TPSA) is 180 Å². The highest BCUT2D eigenvalue weighted by Gasteiger charge is 2.23. The van der Waals surface area contributed by atoms with Crippen LogP contribution < -0.4 is 21.7 Å². The van der Waals surface area contributed by atoms with E-state index in [2.05, 4.69) is 137 Å². The zero-order valence-corrected chi connectivity index (χ0v) is 50.9. The maximum absolute atomic E-state index is 5.84. The average Bonchev–Trinajstić information content (AvgIpc) is 4.40. The van der Waals surface area contributed by atoms with Gasteiger partial charge in [-0.15, -0.1) is 0 Å². The van der Waals surface area contributed by atoms with Crippen molar-refractivity contribution in [1.82, 2.24) is 49.0 Å². The number of nitrogens with two attached hydrogens (primary N) is 2. The highest BCUT2D eigenvalue weighted by molar-refractivity contribution is 9.10. The minimum atomic E-state index is 0.647. The minimum absolute atomic E-state index is 0.647. The number of alkyl halides is 1. The Kier molecular flexibility index (Phi) is 21.5. The molecule has 0 spiro atoms. The Morgan fingerprint density at radius 3 is 1.54 bits per heavy atom. The molecule has 0 amide bonds. The summed E-state index contributed by atoms with van der Waals surface area (Å²) in [6.45, 7) is 8.61. The molecule has 1 atom stereocenters. The van der Waals surface area contributed by atoms with Crippen molar-refractivity contribution in [3.05, 3.63) is 137 Å². The lowest BCUT2D eigenvalue weighted by molar-refractivity contribution is 0.695. The number of halogens is 2. The number of rotatable bonds is 11. The van der Waals surface area contributed by atoms with Gasteiger partial charge < -0.3 is 30.8 Å². The molecule has 0 aliphatic heterocycles. The Balaban J connectivity index is 0.000000140. The van der Waals surface area contributed by atoms with E-state index in [1.165, 1.54) is 130 Å². The largest absolute Gasteiger partial charge is 0.397 e. The van der Waals surface area contributed by atoms with Crippen molar-refractivity contribution in [2.45, 2.75) is 172 Å². The number of nitrogens with zero attached hydrogens (tertiary/aromatic N) is 11. The summed E-state index contributed by atoms with van der Waals surface area (Å²) >= 11 is 6.78. The van der Waals surface area contributed by atoms with Gasteiger partial charge in [0.25, 0.3) is 0 Å². The molecule has 0 saturated heterocycles. The van der Waals surface area contributed by atoms with E-state index in [1.807, 2.05) is 79.0 Å². The molecule has 418 valence electrons. The van der Waals surface area contributed by atoms with E-state index in [9.17, 15) is 0 Å². The van der Waals surface area contributed by atoms with Crippen LogP contribution in [0.1, 0.15) is 181 Å². The molecule has 4 saturated carbocycles. The normalized spacial score (nSPS) is 16.3. The molecule has 12 rings (SSSR count). The van der Waals surface area contributed by atoms with Crippen LogP contribution in [0.25, 0.3) is 22.1 Å². The van der Waals surface area contributed by atoms with E-state index in [1.54, 1.807) is 6.20 Å². The number of nitrogens with one attached hydrogen (secondary N) is 1. The molecule has 4 aliphatic rings. The zero-order valence-electron chi connectivity index (χ0n) is 47.7. The zero-order chi connectivity index (χ0) is 55.8. The van der Waals surface area contributed by atoms with Crippen LogP contribution in [0.4, 0.5) is 34.4 Å². The summed E-state index contributed by atoms with van der Waals surface area (Å²) in [6, 6.07) is 12.9. The first-order valence-electron chi connectivity index (χ1n) is 29.0. The summed E-state index contributed by atoms with van der Waals surface area (Å²) in [4.78, 5) is 38.6. The third kappa shape index (κ3) is 15.6. The Morgan fingerprint density at radius 2 is 1.04 bits per heavy atom. The van der Waals surface area contributed by atoms with Gasteiger partial charge in [-0.1, -0.05) is 82.1 Å². The molecule has 14 nitrogen and oxygen atoms in total. The third-order valence-electron chi connectivity index (χ3n) is 16.2. The van der Waals surface area contributed by atoms with E-state index < -0.39 is 0 Å². The van der Waals surface area contributed by atoms with Crippen molar-refractivity contribution >= 4 is 88.3 Å². The van der Waals surface area contributed by atoms with Crippen molar-refractivity contribution < 1.29 is 0 Å². The SMILES string of the molecule is BrC1C[CH+]CC1.CCc1cc(Br)ncc1N.CCc1cc(C2CCCC2)ncc1N.CCc1cc(C2CCCC2)ncc1N(C)c1cc2c(cn1)ncn2C.CCc1cc(C2CCCC2)ncc1Nc1cc2c(cn1)ncn2C. The second-order valence-electron chi connectivity index (χ2n) is 21.6. The molecule has 0 radical (unpaired) electrons. The van der Waals surface area contributed by atoms with Gasteiger partial charge in [0.1, 0.15) is 33.7 Å². The standard InChI is InChI=1S/C20H25N5.C19H23N5.C12H18N2.C7H9BrN2.C5H8Br/c1-4-14-9-16(15-7-5-6-8-15)21-12-19(14)25(3)20-10-18-17(11-22-20)23-13-24(18)2;1-3-13-8-15(14-6-4-5-7-14)20-10-16(13)23-19-9-18-17(11-21-19)22-12-24(18)2;1-2-9-7-12(14-8-11(9)13)10-5-3-4-6-10;1-2-5-3-7(8)10-4-6(5)9;6-5-3-1-2-4-5/h9-13,15H,4-8H2,1-3H3;8-12,14H,3-7H2,1-2H3,(H,21,23);7-8,10H,2-6,13H2,1H3;3-4H,2,9H2,1H3;1,5H,2-4H2/q;;;;+1. The number of imidazole rings is 2. The third-order valence-corrected chi connectivity index (χ3v) is 17.4. The summed E-state index contributed by atoms with van der Waals surface area (Å²) in [6.07, 6.45) is 40.8. The number of anilines is 6. The number of nitrogen functional groups attached to an aromatic ring is 2. The van der Waals surface area contributed by atoms with Gasteiger partial charge in [-0.05, 0) is 127 Å². The van der Waals surface area contributed by atoms with Gasteiger partial charge in [0.2, 0.25) is 0 Å². The number of fused-ring (bicyclic) bond motifs is 2. The monoisotopic (exact) mass is 1190 g/mol. The Labute approximate surface area is 486 Å². The smallest absolute Gasteiger partial charge is 0.134 e. The van der Waals surface area contributed by atoms with Crippen molar-refractivity contribution in [3.8, 4) is 0 Å². The van der Waals surface area contributed by atoms with Crippen LogP contribution in [-0.2, 0) is 39.8 Å². The highest BCUT2D eigenvalue weighted by atomic mass is 79.9. The first kappa shape index (κ1) is 59.0. The quantitative estimate of drug-likeness (QED) is 0.0635. The van der Waals surface area contributed by atoms with Gasteiger partial charge in [-0.2, -0.15) is 0 Å². The highest BCUT2D eigenvalue weighted by Crippen LogP contribution is 2.38. The molecule has 0 aromatic carbocycles. The molecular weight excluding hydrogens is 1110 g/mol. The summed E-state index contributed by atoms with van der Waals surface area (Å²) in [7, 11) is 6.07. The summed E-state index contributed by atoms with van der Waals surface area (Å²) in [5.74, 6) is 3.74. The first-order chi connectivity index (χ1) is 38.3. The average molecular weight is 1200 g/mol. The number of hydrogen-bond donors (Lipinski definition) is 3. The Morgan fingerprint density at radius 1 is 0.557 bits per heavy atom. The number of aryl methyl sites for hydroxylation is 6. The fraction of sp³-hybridized carbons (Fsp3) is 0.476. The van der Waals surface area contributed by atoms with Crippen LogP contribution >= 0.6 is 31.9 Å². The minimum Gasteiger partial charge on any atom is -0.397 e. The first-order valence-corrected chi connectivity index (χ1v) is 30.7. The van der Waals surface area contributed by atoms with Gasteiger partial charge in [-0.25, -0.2) is 24.9 Å². The predicted molar refractivity (Wildman–Crippen MR) is 334 cm³/mol. The molecule has 4 aliphatic carbocycles. The van der Waals surface area contributed by atoms with Crippen molar-refractivity contribution in [2.24, 2.45) is 14.1 Å².